The standard InChI is InChI=1S/C16H22N2O3/c1-2-13(10-12-8-9-12)17-16(21)18(11-15(19)20)14-6-4-3-5-7-14/h3-7,12-13H,2,8-11H2,1H3,(H,17,21)(H,19,20). The Kier molecular flexibility index (Phi) is 5.20. The molecule has 5 heteroatoms. The number of anilines is 1. The van der Waals surface area contributed by atoms with Crippen LogP contribution in [0, 0.1) is 5.92 Å². The Morgan fingerprint density at radius 2 is 2.00 bits per heavy atom. The largest absolute Gasteiger partial charge is 0.480 e. The first kappa shape index (κ1) is 15.4. The Bertz CT molecular complexity index is 486. The SMILES string of the molecule is CCC(CC1CC1)NC(=O)N(CC(=O)O)c1ccccc1. The van der Waals surface area contributed by atoms with Crippen LogP contribution in [0.4, 0.5) is 10.5 Å². The lowest BCUT2D eigenvalue weighted by Crippen LogP contribution is -2.47. The summed E-state index contributed by atoms with van der Waals surface area (Å²) in [4.78, 5) is 24.7. The van der Waals surface area contributed by atoms with Crippen molar-refractivity contribution in [2.45, 2.75) is 38.6 Å². The summed E-state index contributed by atoms with van der Waals surface area (Å²) in [6.07, 6.45) is 4.32. The molecule has 0 spiro atoms. The van der Waals surface area contributed by atoms with Crippen molar-refractivity contribution < 1.29 is 14.7 Å². The van der Waals surface area contributed by atoms with E-state index in [1.165, 1.54) is 17.7 Å². The van der Waals surface area contributed by atoms with Gasteiger partial charge in [0, 0.05) is 11.7 Å². The molecule has 21 heavy (non-hydrogen) atoms. The third-order valence-electron chi connectivity index (χ3n) is 3.74. The molecule has 2 rings (SSSR count). The van der Waals surface area contributed by atoms with Crippen molar-refractivity contribution >= 4 is 17.7 Å². The highest BCUT2D eigenvalue weighted by Crippen LogP contribution is 2.34. The predicted molar refractivity (Wildman–Crippen MR) is 81.4 cm³/mol. The van der Waals surface area contributed by atoms with Crippen LogP contribution >= 0.6 is 0 Å². The minimum Gasteiger partial charge on any atom is -0.480 e. The smallest absolute Gasteiger partial charge is 0.323 e. The minimum atomic E-state index is -1.02. The molecular weight excluding hydrogens is 268 g/mol. The van der Waals surface area contributed by atoms with Crippen LogP contribution in [-0.2, 0) is 4.79 Å². The van der Waals surface area contributed by atoms with Crippen molar-refractivity contribution in [3.63, 3.8) is 0 Å². The fourth-order valence-corrected chi connectivity index (χ4v) is 2.36. The number of benzene rings is 1. The Morgan fingerprint density at radius 3 is 2.52 bits per heavy atom. The van der Waals surface area contributed by atoms with Gasteiger partial charge in [0.05, 0.1) is 0 Å². The number of amides is 2. The lowest BCUT2D eigenvalue weighted by Gasteiger charge is -2.25. The number of hydrogen-bond acceptors (Lipinski definition) is 2. The molecule has 2 amide bonds. The molecule has 1 saturated carbocycles. The summed E-state index contributed by atoms with van der Waals surface area (Å²) < 4.78 is 0. The number of carbonyl (C=O) groups is 2. The summed E-state index contributed by atoms with van der Waals surface area (Å²) in [5.74, 6) is -0.302. The molecule has 0 aliphatic heterocycles. The highest BCUT2D eigenvalue weighted by Gasteiger charge is 2.27. The monoisotopic (exact) mass is 290 g/mol. The second-order valence-electron chi connectivity index (χ2n) is 5.55. The van der Waals surface area contributed by atoms with Crippen LogP contribution in [0.15, 0.2) is 30.3 Å². The van der Waals surface area contributed by atoms with Gasteiger partial charge in [0.1, 0.15) is 6.54 Å². The van der Waals surface area contributed by atoms with E-state index in [0.717, 1.165) is 18.8 Å². The predicted octanol–water partition coefficient (Wildman–Crippen LogP) is 2.87. The van der Waals surface area contributed by atoms with Gasteiger partial charge >= 0.3 is 12.0 Å². The third kappa shape index (κ3) is 4.77. The van der Waals surface area contributed by atoms with Crippen LogP contribution in [0.5, 0.6) is 0 Å². The molecule has 0 heterocycles. The van der Waals surface area contributed by atoms with E-state index in [1.54, 1.807) is 24.3 Å². The maximum absolute atomic E-state index is 12.4. The van der Waals surface area contributed by atoms with Gasteiger partial charge in [0.25, 0.3) is 0 Å². The van der Waals surface area contributed by atoms with Gasteiger partial charge in [-0.05, 0) is 30.9 Å². The number of urea groups is 1. The highest BCUT2D eigenvalue weighted by molar-refractivity contribution is 5.96. The molecule has 5 nitrogen and oxygen atoms in total. The molecule has 1 aromatic rings. The topological polar surface area (TPSA) is 69.6 Å². The molecule has 114 valence electrons. The van der Waals surface area contributed by atoms with Crippen LogP contribution in [0.3, 0.4) is 0 Å². The van der Waals surface area contributed by atoms with Gasteiger partial charge in [0.15, 0.2) is 0 Å². The molecule has 1 atom stereocenters. The number of carbonyl (C=O) groups excluding carboxylic acids is 1. The number of para-hydroxylation sites is 1. The van der Waals surface area contributed by atoms with Gasteiger partial charge < -0.3 is 10.4 Å². The summed E-state index contributed by atoms with van der Waals surface area (Å²) in [5, 5.41) is 12.0. The molecule has 1 fully saturated rings. The number of hydrogen-bond donors (Lipinski definition) is 2. The fourth-order valence-electron chi connectivity index (χ4n) is 2.36. The zero-order chi connectivity index (χ0) is 15.2. The van der Waals surface area contributed by atoms with Gasteiger partial charge in [-0.3, -0.25) is 9.69 Å². The quantitative estimate of drug-likeness (QED) is 0.811. The summed E-state index contributed by atoms with van der Waals surface area (Å²) in [5.41, 5.74) is 0.596. The first-order chi connectivity index (χ1) is 10.1. The number of rotatable bonds is 7. The number of aliphatic carboxylic acids is 1. The lowest BCUT2D eigenvalue weighted by molar-refractivity contribution is -0.135. The van der Waals surface area contributed by atoms with E-state index in [9.17, 15) is 9.59 Å². The van der Waals surface area contributed by atoms with Crippen molar-refractivity contribution in [2.24, 2.45) is 5.92 Å². The van der Waals surface area contributed by atoms with Gasteiger partial charge in [-0.15, -0.1) is 0 Å². The van der Waals surface area contributed by atoms with Gasteiger partial charge in [-0.1, -0.05) is 38.0 Å². The number of nitrogens with one attached hydrogen (secondary N) is 1. The molecule has 1 aromatic carbocycles. The molecule has 0 aromatic heterocycles. The van der Waals surface area contributed by atoms with Crippen molar-refractivity contribution in [2.75, 3.05) is 11.4 Å². The zero-order valence-corrected chi connectivity index (χ0v) is 12.3. The molecule has 1 aliphatic carbocycles. The van der Waals surface area contributed by atoms with Crippen molar-refractivity contribution in [1.82, 2.24) is 5.32 Å². The number of nitrogens with zero attached hydrogens (tertiary/aromatic N) is 1. The van der Waals surface area contributed by atoms with Crippen LogP contribution in [0.2, 0.25) is 0 Å². The molecule has 1 aliphatic rings. The summed E-state index contributed by atoms with van der Waals surface area (Å²) in [6.45, 7) is 1.70. The van der Waals surface area contributed by atoms with Crippen molar-refractivity contribution in [3.05, 3.63) is 30.3 Å². The first-order valence-electron chi connectivity index (χ1n) is 7.45. The average Bonchev–Trinajstić information content (AvgIpc) is 3.28. The van der Waals surface area contributed by atoms with Crippen LogP contribution in [0.25, 0.3) is 0 Å². The molecule has 0 bridgehead atoms. The second kappa shape index (κ2) is 7.11. The molecule has 0 saturated heterocycles. The number of carboxylic acids is 1. The van der Waals surface area contributed by atoms with Gasteiger partial charge in [0.2, 0.25) is 0 Å². The van der Waals surface area contributed by atoms with E-state index in [2.05, 4.69) is 5.32 Å². The van der Waals surface area contributed by atoms with Crippen molar-refractivity contribution in [1.29, 1.82) is 0 Å². The average molecular weight is 290 g/mol. The van der Waals surface area contributed by atoms with E-state index < -0.39 is 5.97 Å². The Balaban J connectivity index is 2.04. The Hall–Kier alpha value is -2.04. The number of carboxylic acid groups (broad SMARTS) is 1. The molecule has 2 N–H and O–H groups in total. The summed E-state index contributed by atoms with van der Waals surface area (Å²) in [7, 11) is 0. The summed E-state index contributed by atoms with van der Waals surface area (Å²) >= 11 is 0. The van der Waals surface area contributed by atoms with E-state index in [1.807, 2.05) is 13.0 Å². The fraction of sp³-hybridized carbons (Fsp3) is 0.500. The minimum absolute atomic E-state index is 0.116. The van der Waals surface area contributed by atoms with E-state index in [4.69, 9.17) is 5.11 Å². The van der Waals surface area contributed by atoms with Crippen LogP contribution in [0.1, 0.15) is 32.6 Å². The zero-order valence-electron chi connectivity index (χ0n) is 12.3. The highest BCUT2D eigenvalue weighted by atomic mass is 16.4. The maximum Gasteiger partial charge on any atom is 0.323 e. The third-order valence-corrected chi connectivity index (χ3v) is 3.74. The maximum atomic E-state index is 12.4. The van der Waals surface area contributed by atoms with Crippen LogP contribution < -0.4 is 10.2 Å². The van der Waals surface area contributed by atoms with E-state index >= 15 is 0 Å². The van der Waals surface area contributed by atoms with Crippen LogP contribution in [-0.4, -0.2) is 29.7 Å². The second-order valence-corrected chi connectivity index (χ2v) is 5.55. The van der Waals surface area contributed by atoms with E-state index in [-0.39, 0.29) is 18.6 Å². The van der Waals surface area contributed by atoms with E-state index in [0.29, 0.717) is 5.69 Å². The summed E-state index contributed by atoms with van der Waals surface area (Å²) in [6, 6.07) is 8.68. The normalized spacial score (nSPS) is 15.3. The van der Waals surface area contributed by atoms with Crippen molar-refractivity contribution in [3.8, 4) is 0 Å². The molecular formula is C16H22N2O3. The Labute approximate surface area is 125 Å². The molecule has 1 unspecified atom stereocenters. The van der Waals surface area contributed by atoms with Gasteiger partial charge in [-0.2, -0.15) is 0 Å². The molecule has 0 radical (unpaired) electrons. The van der Waals surface area contributed by atoms with Gasteiger partial charge in [-0.25, -0.2) is 4.79 Å². The Morgan fingerprint density at radius 1 is 1.33 bits per heavy atom. The lowest BCUT2D eigenvalue weighted by atomic mass is 10.1. The first-order valence-corrected chi connectivity index (χ1v) is 7.45.